The van der Waals surface area contributed by atoms with E-state index in [1.54, 1.807) is 27.7 Å². The van der Waals surface area contributed by atoms with Gasteiger partial charge in [-0.3, -0.25) is 0 Å². The number of carbonyl (C=O) groups excluding carboxylic acids is 1. The van der Waals surface area contributed by atoms with Crippen LogP contribution in [0.1, 0.15) is 45.6 Å². The zero-order chi connectivity index (χ0) is 18.8. The summed E-state index contributed by atoms with van der Waals surface area (Å²) in [5.74, 6) is -0.244. The molecule has 0 radical (unpaired) electrons. The fourth-order valence-corrected chi connectivity index (χ4v) is 4.24. The van der Waals surface area contributed by atoms with Crippen molar-refractivity contribution in [3.05, 3.63) is 16.9 Å². The van der Waals surface area contributed by atoms with E-state index in [4.69, 9.17) is 16.3 Å². The number of ether oxygens (including phenoxy) is 1. The Morgan fingerprint density at radius 2 is 2.08 bits per heavy atom. The molecule has 1 aromatic heterocycles. The second-order valence-corrected chi connectivity index (χ2v) is 9.52. The van der Waals surface area contributed by atoms with Gasteiger partial charge in [0.25, 0.3) is 0 Å². The van der Waals surface area contributed by atoms with Gasteiger partial charge in [-0.05, 0) is 47.0 Å². The van der Waals surface area contributed by atoms with Crippen molar-refractivity contribution in [1.29, 1.82) is 0 Å². The topological polar surface area (TPSA) is 89.5 Å². The minimum Gasteiger partial charge on any atom is -0.444 e. The van der Waals surface area contributed by atoms with Gasteiger partial charge in [0.15, 0.2) is 0 Å². The van der Waals surface area contributed by atoms with Crippen molar-refractivity contribution in [2.75, 3.05) is 12.3 Å². The van der Waals surface area contributed by atoms with Crippen LogP contribution in [0.5, 0.6) is 0 Å². The second-order valence-electron chi connectivity index (χ2n) is 7.23. The van der Waals surface area contributed by atoms with Crippen LogP contribution in [0.3, 0.4) is 0 Å². The number of amides is 1. The molecule has 9 heteroatoms. The van der Waals surface area contributed by atoms with E-state index in [2.05, 4.69) is 9.97 Å². The quantitative estimate of drug-likeness (QED) is 0.583. The maximum absolute atomic E-state index is 12.7. The number of hydrogen-bond donors (Lipinski definition) is 0. The molecule has 1 fully saturated rings. The lowest BCUT2D eigenvalue weighted by Gasteiger charge is -2.36. The van der Waals surface area contributed by atoms with E-state index < -0.39 is 27.6 Å². The molecular weight excluding hydrogens is 366 g/mol. The Morgan fingerprint density at radius 3 is 2.68 bits per heavy atom. The molecule has 1 saturated heterocycles. The summed E-state index contributed by atoms with van der Waals surface area (Å²) < 4.78 is 30.7. The van der Waals surface area contributed by atoms with Gasteiger partial charge in [0, 0.05) is 24.3 Å². The lowest BCUT2D eigenvalue weighted by Crippen LogP contribution is -2.49. The predicted octanol–water partition coefficient (Wildman–Crippen LogP) is 3.00. The number of aromatic nitrogens is 2. The van der Waals surface area contributed by atoms with Gasteiger partial charge in [-0.25, -0.2) is 23.2 Å². The Labute approximate surface area is 153 Å². The molecule has 25 heavy (non-hydrogen) atoms. The lowest BCUT2D eigenvalue weighted by atomic mass is 10.0. The Morgan fingerprint density at radius 1 is 1.40 bits per heavy atom. The Hall–Kier alpha value is -1.41. The third-order valence-corrected chi connectivity index (χ3v) is 5.79. The standard InChI is InChI=1S/C16H24ClN3O4S/c1-11-9-18-14(19-13(11)17)25(22,23)10-12-7-5-6-8-20(12)15(21)24-16(2,3)4/h9,12H,5-8,10H2,1-4H3. The zero-order valence-electron chi connectivity index (χ0n) is 15.0. The van der Waals surface area contributed by atoms with Crippen LogP contribution < -0.4 is 0 Å². The Balaban J connectivity index is 2.19. The number of sulfone groups is 1. The molecule has 1 atom stereocenters. The molecule has 0 aliphatic carbocycles. The van der Waals surface area contributed by atoms with Crippen LogP contribution in [0.15, 0.2) is 11.4 Å². The average molecular weight is 390 g/mol. The molecule has 1 unspecified atom stereocenters. The molecule has 0 aromatic carbocycles. The summed E-state index contributed by atoms with van der Waals surface area (Å²) in [5, 5.41) is -0.195. The first-order valence-electron chi connectivity index (χ1n) is 8.21. The van der Waals surface area contributed by atoms with Crippen LogP contribution in [-0.2, 0) is 14.6 Å². The highest BCUT2D eigenvalue weighted by Crippen LogP contribution is 2.23. The van der Waals surface area contributed by atoms with Crippen LogP contribution >= 0.6 is 11.6 Å². The van der Waals surface area contributed by atoms with Crippen molar-refractivity contribution >= 4 is 27.5 Å². The highest BCUT2D eigenvalue weighted by molar-refractivity contribution is 7.91. The molecule has 7 nitrogen and oxygen atoms in total. The monoisotopic (exact) mass is 389 g/mol. The molecule has 1 aromatic rings. The SMILES string of the molecule is Cc1cnc(S(=O)(=O)CC2CCCCN2C(=O)OC(C)(C)C)nc1Cl. The van der Waals surface area contributed by atoms with Crippen LogP contribution in [-0.4, -0.2) is 53.3 Å². The van der Waals surface area contributed by atoms with E-state index in [-0.39, 0.29) is 16.1 Å². The molecule has 140 valence electrons. The molecular formula is C16H24ClN3O4S. The first-order valence-corrected chi connectivity index (χ1v) is 10.2. The molecule has 2 rings (SSSR count). The van der Waals surface area contributed by atoms with Crippen molar-refractivity contribution in [3.63, 3.8) is 0 Å². The molecule has 0 N–H and O–H groups in total. The summed E-state index contributed by atoms with van der Waals surface area (Å²) in [6, 6.07) is -0.461. The van der Waals surface area contributed by atoms with Gasteiger partial charge in [-0.2, -0.15) is 0 Å². The number of rotatable bonds is 3. The van der Waals surface area contributed by atoms with Crippen LogP contribution in [0, 0.1) is 6.92 Å². The van der Waals surface area contributed by atoms with Crippen molar-refractivity contribution < 1.29 is 17.9 Å². The van der Waals surface area contributed by atoms with Crippen molar-refractivity contribution in [2.45, 2.75) is 63.8 Å². The van der Waals surface area contributed by atoms with E-state index >= 15 is 0 Å². The Bertz CT molecular complexity index is 746. The summed E-state index contributed by atoms with van der Waals surface area (Å²) in [6.45, 7) is 7.52. The second kappa shape index (κ2) is 7.45. The molecule has 0 saturated carbocycles. The fraction of sp³-hybridized carbons (Fsp3) is 0.688. The number of piperidine rings is 1. The molecule has 1 aliphatic rings. The maximum Gasteiger partial charge on any atom is 0.410 e. The van der Waals surface area contributed by atoms with Crippen molar-refractivity contribution in [1.82, 2.24) is 14.9 Å². The number of aryl methyl sites for hydroxylation is 1. The summed E-state index contributed by atoms with van der Waals surface area (Å²) in [4.78, 5) is 21.7. The van der Waals surface area contributed by atoms with Gasteiger partial charge < -0.3 is 9.64 Å². The Kier molecular flexibility index (Phi) is 5.93. The highest BCUT2D eigenvalue weighted by atomic mass is 35.5. The normalized spacial score (nSPS) is 18.9. The minimum absolute atomic E-state index is 0.112. The van der Waals surface area contributed by atoms with Gasteiger partial charge in [-0.15, -0.1) is 0 Å². The zero-order valence-corrected chi connectivity index (χ0v) is 16.5. The largest absolute Gasteiger partial charge is 0.444 e. The fourth-order valence-electron chi connectivity index (χ4n) is 2.62. The van der Waals surface area contributed by atoms with Crippen molar-refractivity contribution in [3.8, 4) is 0 Å². The van der Waals surface area contributed by atoms with E-state index in [0.717, 1.165) is 12.8 Å². The summed E-state index contributed by atoms with van der Waals surface area (Å²) in [5.41, 5.74) is -0.0281. The molecule has 1 aliphatic heterocycles. The smallest absolute Gasteiger partial charge is 0.410 e. The van der Waals surface area contributed by atoms with Gasteiger partial charge in [-0.1, -0.05) is 11.6 Å². The van der Waals surface area contributed by atoms with E-state index in [9.17, 15) is 13.2 Å². The molecule has 0 spiro atoms. The molecule has 0 bridgehead atoms. The molecule has 1 amide bonds. The van der Waals surface area contributed by atoms with Gasteiger partial charge >= 0.3 is 6.09 Å². The third-order valence-electron chi connectivity index (χ3n) is 3.83. The van der Waals surface area contributed by atoms with Gasteiger partial charge in [0.2, 0.25) is 15.0 Å². The predicted molar refractivity (Wildman–Crippen MR) is 94.4 cm³/mol. The first kappa shape index (κ1) is 19.9. The third kappa shape index (κ3) is 5.28. The summed E-state index contributed by atoms with van der Waals surface area (Å²) in [6.07, 6.45) is 3.17. The average Bonchev–Trinajstić information content (AvgIpc) is 2.48. The van der Waals surface area contributed by atoms with E-state index in [1.165, 1.54) is 11.1 Å². The van der Waals surface area contributed by atoms with Crippen LogP contribution in [0.25, 0.3) is 0 Å². The number of hydrogen-bond acceptors (Lipinski definition) is 6. The summed E-state index contributed by atoms with van der Waals surface area (Å²) in [7, 11) is -3.77. The van der Waals surface area contributed by atoms with Gasteiger partial charge in [0.05, 0.1) is 5.75 Å². The number of halogens is 1. The van der Waals surface area contributed by atoms with Gasteiger partial charge in [0.1, 0.15) is 10.8 Å². The van der Waals surface area contributed by atoms with Crippen molar-refractivity contribution in [2.24, 2.45) is 0 Å². The maximum atomic E-state index is 12.7. The van der Waals surface area contributed by atoms with Crippen LogP contribution in [0.4, 0.5) is 4.79 Å². The van der Waals surface area contributed by atoms with Crippen LogP contribution in [0.2, 0.25) is 5.15 Å². The summed E-state index contributed by atoms with van der Waals surface area (Å²) >= 11 is 5.91. The first-order chi connectivity index (χ1) is 11.5. The number of nitrogens with zero attached hydrogens (tertiary/aromatic N) is 3. The minimum atomic E-state index is -3.77. The number of carbonyl (C=O) groups is 1. The molecule has 2 heterocycles. The van der Waals surface area contributed by atoms with E-state index in [0.29, 0.717) is 18.5 Å². The lowest BCUT2D eigenvalue weighted by molar-refractivity contribution is 0.0124. The van der Waals surface area contributed by atoms with E-state index in [1.807, 2.05) is 0 Å². The highest BCUT2D eigenvalue weighted by Gasteiger charge is 2.34. The number of likely N-dealkylation sites (tertiary alicyclic amines) is 1.